The van der Waals surface area contributed by atoms with Gasteiger partial charge in [-0.3, -0.25) is 4.79 Å². The summed E-state index contributed by atoms with van der Waals surface area (Å²) in [5, 5.41) is 10.9. The first-order valence-electron chi connectivity index (χ1n) is 8.56. The SMILES string of the molecule is CCCCCCOC(=O)CC(O)(CCCC)c1ccccc1. The fourth-order valence-corrected chi connectivity index (χ4v) is 2.56. The fraction of sp³-hybridized carbons (Fsp3) is 0.632. The molecule has 0 aliphatic carbocycles. The standard InChI is InChI=1S/C19H30O3/c1-3-5-7-11-15-22-18(20)16-19(21,14-6-4-2)17-12-9-8-10-13-17/h8-10,12-13,21H,3-7,11,14-16H2,1-2H3. The van der Waals surface area contributed by atoms with E-state index in [1.807, 2.05) is 30.3 Å². The highest BCUT2D eigenvalue weighted by atomic mass is 16.5. The number of rotatable bonds is 11. The van der Waals surface area contributed by atoms with Crippen molar-refractivity contribution in [2.24, 2.45) is 0 Å². The summed E-state index contributed by atoms with van der Waals surface area (Å²) in [6.07, 6.45) is 6.81. The lowest BCUT2D eigenvalue weighted by atomic mass is 9.85. The van der Waals surface area contributed by atoms with E-state index in [0.29, 0.717) is 13.0 Å². The van der Waals surface area contributed by atoms with Crippen molar-refractivity contribution < 1.29 is 14.6 Å². The third kappa shape index (κ3) is 6.61. The number of carbonyl (C=O) groups is 1. The number of aliphatic hydroxyl groups is 1. The molecular formula is C19H30O3. The van der Waals surface area contributed by atoms with Crippen LogP contribution >= 0.6 is 0 Å². The van der Waals surface area contributed by atoms with E-state index in [4.69, 9.17) is 4.74 Å². The van der Waals surface area contributed by atoms with Crippen LogP contribution in [0.4, 0.5) is 0 Å². The zero-order valence-corrected chi connectivity index (χ0v) is 14.0. The Morgan fingerprint density at radius 2 is 1.73 bits per heavy atom. The molecule has 0 aromatic heterocycles. The van der Waals surface area contributed by atoms with Crippen molar-refractivity contribution in [2.45, 2.75) is 70.8 Å². The molecule has 124 valence electrons. The summed E-state index contributed by atoms with van der Waals surface area (Å²) in [7, 11) is 0. The monoisotopic (exact) mass is 306 g/mol. The van der Waals surface area contributed by atoms with Gasteiger partial charge >= 0.3 is 5.97 Å². The van der Waals surface area contributed by atoms with Crippen molar-refractivity contribution >= 4 is 5.97 Å². The van der Waals surface area contributed by atoms with Crippen LogP contribution in [0.5, 0.6) is 0 Å². The lowest BCUT2D eigenvalue weighted by molar-refractivity contribution is -0.150. The first-order valence-corrected chi connectivity index (χ1v) is 8.56. The van der Waals surface area contributed by atoms with Crippen LogP contribution in [0, 0.1) is 0 Å². The van der Waals surface area contributed by atoms with Crippen LogP contribution in [0.25, 0.3) is 0 Å². The van der Waals surface area contributed by atoms with Crippen molar-refractivity contribution in [3.8, 4) is 0 Å². The Balaban J connectivity index is 2.55. The molecule has 0 aliphatic heterocycles. The minimum absolute atomic E-state index is 0.0325. The largest absolute Gasteiger partial charge is 0.466 e. The number of ether oxygens (including phenoxy) is 1. The minimum Gasteiger partial charge on any atom is -0.466 e. The van der Waals surface area contributed by atoms with E-state index in [9.17, 15) is 9.90 Å². The Labute approximate surface area is 134 Å². The molecule has 0 saturated heterocycles. The average molecular weight is 306 g/mol. The summed E-state index contributed by atoms with van der Waals surface area (Å²) < 4.78 is 5.29. The summed E-state index contributed by atoms with van der Waals surface area (Å²) in [5.74, 6) is -0.307. The molecule has 22 heavy (non-hydrogen) atoms. The third-order valence-electron chi connectivity index (χ3n) is 3.95. The average Bonchev–Trinajstić information content (AvgIpc) is 2.53. The van der Waals surface area contributed by atoms with Gasteiger partial charge in [0.2, 0.25) is 0 Å². The van der Waals surface area contributed by atoms with Gasteiger partial charge in [0.15, 0.2) is 0 Å². The smallest absolute Gasteiger partial charge is 0.309 e. The van der Waals surface area contributed by atoms with Gasteiger partial charge in [0.25, 0.3) is 0 Å². The number of unbranched alkanes of at least 4 members (excludes halogenated alkanes) is 4. The van der Waals surface area contributed by atoms with E-state index in [1.165, 1.54) is 12.8 Å². The van der Waals surface area contributed by atoms with Gasteiger partial charge in [-0.05, 0) is 18.4 Å². The van der Waals surface area contributed by atoms with Crippen LogP contribution < -0.4 is 0 Å². The lowest BCUT2D eigenvalue weighted by Gasteiger charge is -2.28. The van der Waals surface area contributed by atoms with E-state index >= 15 is 0 Å². The van der Waals surface area contributed by atoms with E-state index in [1.54, 1.807) is 0 Å². The molecule has 0 aliphatic rings. The normalized spacial score (nSPS) is 13.6. The Morgan fingerprint density at radius 3 is 2.36 bits per heavy atom. The van der Waals surface area contributed by atoms with Crippen LogP contribution in [-0.4, -0.2) is 17.7 Å². The summed E-state index contributed by atoms with van der Waals surface area (Å²) in [4.78, 5) is 12.0. The minimum atomic E-state index is -1.11. The van der Waals surface area contributed by atoms with E-state index in [0.717, 1.165) is 31.2 Å². The first-order chi connectivity index (χ1) is 10.6. The number of carbonyl (C=O) groups excluding carboxylic acids is 1. The Hall–Kier alpha value is -1.35. The van der Waals surface area contributed by atoms with Gasteiger partial charge in [-0.25, -0.2) is 0 Å². The molecule has 0 heterocycles. The molecule has 1 aromatic rings. The zero-order chi connectivity index (χ0) is 16.3. The van der Waals surface area contributed by atoms with Gasteiger partial charge < -0.3 is 9.84 Å². The highest BCUT2D eigenvalue weighted by Crippen LogP contribution is 2.31. The van der Waals surface area contributed by atoms with Crippen molar-refractivity contribution in [3.63, 3.8) is 0 Å². The van der Waals surface area contributed by atoms with Crippen molar-refractivity contribution in [3.05, 3.63) is 35.9 Å². The number of benzene rings is 1. The van der Waals surface area contributed by atoms with E-state index in [2.05, 4.69) is 13.8 Å². The molecule has 1 rings (SSSR count). The van der Waals surface area contributed by atoms with Crippen LogP contribution in [0.3, 0.4) is 0 Å². The van der Waals surface area contributed by atoms with Crippen LogP contribution in [0.15, 0.2) is 30.3 Å². The third-order valence-corrected chi connectivity index (χ3v) is 3.95. The first kappa shape index (κ1) is 18.7. The van der Waals surface area contributed by atoms with Crippen LogP contribution in [-0.2, 0) is 15.1 Å². The van der Waals surface area contributed by atoms with Gasteiger partial charge in [-0.15, -0.1) is 0 Å². The highest BCUT2D eigenvalue weighted by molar-refractivity contribution is 5.71. The summed E-state index contributed by atoms with van der Waals surface area (Å²) in [5.41, 5.74) is -0.316. The molecular weight excluding hydrogens is 276 g/mol. The predicted octanol–water partition coefficient (Wildman–Crippen LogP) is 4.58. The second kappa shape index (κ2) is 10.4. The summed E-state index contributed by atoms with van der Waals surface area (Å²) in [6, 6.07) is 9.45. The van der Waals surface area contributed by atoms with Gasteiger partial charge in [-0.1, -0.05) is 76.3 Å². The highest BCUT2D eigenvalue weighted by Gasteiger charge is 2.32. The topological polar surface area (TPSA) is 46.5 Å². The summed E-state index contributed by atoms with van der Waals surface area (Å²) in [6.45, 7) is 4.69. The molecule has 1 unspecified atom stereocenters. The molecule has 0 spiro atoms. The van der Waals surface area contributed by atoms with Gasteiger partial charge in [0, 0.05) is 0 Å². The van der Waals surface area contributed by atoms with Gasteiger partial charge in [0.05, 0.1) is 13.0 Å². The lowest BCUT2D eigenvalue weighted by Crippen LogP contribution is -2.30. The Bertz CT molecular complexity index is 416. The molecule has 1 aromatic carbocycles. The van der Waals surface area contributed by atoms with E-state index < -0.39 is 5.60 Å². The van der Waals surface area contributed by atoms with Gasteiger partial charge in [0.1, 0.15) is 5.60 Å². The van der Waals surface area contributed by atoms with Crippen LogP contribution in [0.2, 0.25) is 0 Å². The molecule has 0 fully saturated rings. The molecule has 0 amide bonds. The quantitative estimate of drug-likeness (QED) is 0.481. The molecule has 3 heteroatoms. The second-order valence-corrected chi connectivity index (χ2v) is 5.96. The number of hydrogen-bond acceptors (Lipinski definition) is 3. The van der Waals surface area contributed by atoms with E-state index in [-0.39, 0.29) is 12.4 Å². The fourth-order valence-electron chi connectivity index (χ4n) is 2.56. The Morgan fingerprint density at radius 1 is 1.05 bits per heavy atom. The van der Waals surface area contributed by atoms with Gasteiger partial charge in [-0.2, -0.15) is 0 Å². The maximum atomic E-state index is 12.0. The number of esters is 1. The summed E-state index contributed by atoms with van der Waals surface area (Å²) >= 11 is 0. The molecule has 1 atom stereocenters. The maximum Gasteiger partial charge on any atom is 0.309 e. The van der Waals surface area contributed by atoms with Crippen molar-refractivity contribution in [2.75, 3.05) is 6.61 Å². The predicted molar refractivity (Wildman–Crippen MR) is 89.6 cm³/mol. The molecule has 0 radical (unpaired) electrons. The van der Waals surface area contributed by atoms with Crippen LogP contribution in [0.1, 0.15) is 70.8 Å². The second-order valence-electron chi connectivity index (χ2n) is 5.96. The molecule has 3 nitrogen and oxygen atoms in total. The van der Waals surface area contributed by atoms with Crippen molar-refractivity contribution in [1.29, 1.82) is 0 Å². The molecule has 1 N–H and O–H groups in total. The molecule has 0 saturated carbocycles. The Kier molecular flexibility index (Phi) is 8.83. The molecule has 0 bridgehead atoms. The number of hydrogen-bond donors (Lipinski definition) is 1. The van der Waals surface area contributed by atoms with Crippen molar-refractivity contribution in [1.82, 2.24) is 0 Å². The zero-order valence-electron chi connectivity index (χ0n) is 14.0. The maximum absolute atomic E-state index is 12.0.